The summed E-state index contributed by atoms with van der Waals surface area (Å²) < 4.78 is 5.21. The summed E-state index contributed by atoms with van der Waals surface area (Å²) in [6.45, 7) is 4.84. The van der Waals surface area contributed by atoms with Gasteiger partial charge in [-0.1, -0.05) is 129 Å². The molecule has 7 aromatic carbocycles. The Morgan fingerprint density at radius 3 is 1.96 bits per heavy atom. The van der Waals surface area contributed by atoms with Gasteiger partial charge in [0.25, 0.3) is 0 Å². The molecule has 0 fully saturated rings. The van der Waals surface area contributed by atoms with Gasteiger partial charge in [-0.15, -0.1) is 11.3 Å². The Hall–Kier alpha value is -5.44. The molecule has 0 bridgehead atoms. The maximum absolute atomic E-state index is 2.53. The lowest BCUT2D eigenvalue weighted by Gasteiger charge is -2.50. The third-order valence-corrected chi connectivity index (χ3v) is 12.6. The molecule has 48 heavy (non-hydrogen) atoms. The summed E-state index contributed by atoms with van der Waals surface area (Å²) in [7, 11) is 0. The van der Waals surface area contributed by atoms with Crippen LogP contribution < -0.4 is 0 Å². The summed E-state index contributed by atoms with van der Waals surface area (Å²) >= 11 is 1.88. The SMILES string of the molecule is CC1(C)c2ccccc2C2(c3ccccc3-n3c4ccccc4c4cccc2c43)c2ccc(-c3ccc4sc5ccccc5c4c3)cc21. The molecule has 1 nitrogen and oxygen atoms in total. The van der Waals surface area contributed by atoms with Crippen LogP contribution in [0.4, 0.5) is 0 Å². The van der Waals surface area contributed by atoms with E-state index in [1.165, 1.54) is 92.2 Å². The first-order chi connectivity index (χ1) is 23.6. The Morgan fingerprint density at radius 1 is 0.438 bits per heavy atom. The van der Waals surface area contributed by atoms with Gasteiger partial charge in [0.2, 0.25) is 0 Å². The highest BCUT2D eigenvalue weighted by Crippen LogP contribution is 2.60. The molecule has 1 unspecified atom stereocenters. The average Bonchev–Trinajstić information content (AvgIpc) is 3.68. The van der Waals surface area contributed by atoms with Gasteiger partial charge in [-0.3, -0.25) is 0 Å². The topological polar surface area (TPSA) is 4.93 Å². The van der Waals surface area contributed by atoms with Crippen molar-refractivity contribution < 1.29 is 0 Å². The minimum atomic E-state index is -0.464. The number of aromatic nitrogens is 1. The van der Waals surface area contributed by atoms with Crippen molar-refractivity contribution in [1.82, 2.24) is 4.57 Å². The predicted molar refractivity (Wildman–Crippen MR) is 203 cm³/mol. The van der Waals surface area contributed by atoms with E-state index in [1.807, 2.05) is 11.3 Å². The normalized spacial score (nSPS) is 17.2. The second-order valence-corrected chi connectivity index (χ2v) is 15.1. The summed E-state index contributed by atoms with van der Waals surface area (Å²) in [5.74, 6) is 0. The fourth-order valence-electron chi connectivity index (χ4n) is 9.40. The van der Waals surface area contributed by atoms with E-state index in [2.05, 4.69) is 170 Å². The Kier molecular flexibility index (Phi) is 5.06. The van der Waals surface area contributed by atoms with Crippen LogP contribution in [0.3, 0.4) is 0 Å². The van der Waals surface area contributed by atoms with Crippen LogP contribution in [0.5, 0.6) is 0 Å². The van der Waals surface area contributed by atoms with E-state index < -0.39 is 5.41 Å². The lowest BCUT2D eigenvalue weighted by Crippen LogP contribution is -2.44. The molecule has 0 saturated carbocycles. The number of para-hydroxylation sites is 3. The van der Waals surface area contributed by atoms with Gasteiger partial charge in [-0.05, 0) is 80.9 Å². The van der Waals surface area contributed by atoms with Crippen LogP contribution in [0.2, 0.25) is 0 Å². The minimum absolute atomic E-state index is 0.195. The predicted octanol–water partition coefficient (Wildman–Crippen LogP) is 12.2. The Bertz CT molecular complexity index is 2830. The molecule has 2 aliphatic rings. The Balaban J connectivity index is 1.27. The number of rotatable bonds is 1. The molecule has 0 radical (unpaired) electrons. The van der Waals surface area contributed by atoms with Crippen LogP contribution in [0.25, 0.3) is 58.8 Å². The van der Waals surface area contributed by atoms with Gasteiger partial charge >= 0.3 is 0 Å². The third kappa shape index (κ3) is 3.12. The van der Waals surface area contributed by atoms with Gasteiger partial charge in [0.1, 0.15) is 0 Å². The second kappa shape index (κ2) is 9.13. The van der Waals surface area contributed by atoms with Gasteiger partial charge < -0.3 is 4.57 Å². The molecule has 0 amide bonds. The first kappa shape index (κ1) is 26.6. The van der Waals surface area contributed by atoms with Crippen molar-refractivity contribution in [2.24, 2.45) is 0 Å². The monoisotopic (exact) mass is 629 g/mol. The summed E-state index contributed by atoms with van der Waals surface area (Å²) in [6.07, 6.45) is 0. The fourth-order valence-corrected chi connectivity index (χ4v) is 10.5. The van der Waals surface area contributed by atoms with Crippen molar-refractivity contribution in [3.63, 3.8) is 0 Å². The van der Waals surface area contributed by atoms with Crippen molar-refractivity contribution >= 4 is 53.3 Å². The fraction of sp³-hybridized carbons (Fsp3) is 0.0870. The largest absolute Gasteiger partial charge is 0.309 e. The van der Waals surface area contributed by atoms with E-state index in [9.17, 15) is 0 Å². The number of benzene rings is 7. The zero-order valence-electron chi connectivity index (χ0n) is 26.8. The zero-order valence-corrected chi connectivity index (χ0v) is 27.6. The first-order valence-electron chi connectivity index (χ1n) is 16.9. The molecule has 0 N–H and O–H groups in total. The van der Waals surface area contributed by atoms with Crippen molar-refractivity contribution in [2.45, 2.75) is 24.7 Å². The quantitative estimate of drug-likeness (QED) is 0.170. The van der Waals surface area contributed by atoms with E-state index in [0.717, 1.165) is 0 Å². The molecule has 9 aromatic rings. The standard InChI is InChI=1S/C46H31NS/c1-45(2)34-15-5-6-16-35(34)46(36-24-22-29(27-39(36)45)28-23-25-43-33(26-28)31-13-4-10-21-42(31)48-43)37-17-7-9-20-41(37)47-40-19-8-3-12-30(40)32-14-11-18-38(46)44(32)47/h3-27H,1-2H3. The van der Waals surface area contributed by atoms with Crippen molar-refractivity contribution in [2.75, 3.05) is 0 Å². The van der Waals surface area contributed by atoms with Crippen LogP contribution in [-0.4, -0.2) is 4.57 Å². The number of nitrogens with zero attached hydrogens (tertiary/aromatic N) is 1. The number of hydrogen-bond acceptors (Lipinski definition) is 1. The molecule has 11 rings (SSSR count). The van der Waals surface area contributed by atoms with Crippen LogP contribution in [0.1, 0.15) is 47.2 Å². The molecule has 2 heteroatoms. The van der Waals surface area contributed by atoms with Gasteiger partial charge in [0.15, 0.2) is 0 Å². The highest BCUT2D eigenvalue weighted by atomic mass is 32.1. The molecule has 0 saturated heterocycles. The second-order valence-electron chi connectivity index (χ2n) is 14.1. The van der Waals surface area contributed by atoms with Crippen LogP contribution in [-0.2, 0) is 10.8 Å². The van der Waals surface area contributed by atoms with Crippen LogP contribution in [0.15, 0.2) is 152 Å². The zero-order chi connectivity index (χ0) is 31.8. The van der Waals surface area contributed by atoms with Gasteiger partial charge in [0, 0.05) is 36.4 Å². The molecule has 1 aliphatic heterocycles. The highest BCUT2D eigenvalue weighted by Gasteiger charge is 2.52. The number of thiophene rings is 1. The van der Waals surface area contributed by atoms with Gasteiger partial charge in [0.05, 0.1) is 22.1 Å². The third-order valence-electron chi connectivity index (χ3n) is 11.5. The van der Waals surface area contributed by atoms with Gasteiger partial charge in [-0.25, -0.2) is 0 Å². The lowest BCUT2D eigenvalue weighted by molar-refractivity contribution is 0.556. The Morgan fingerprint density at radius 2 is 1.06 bits per heavy atom. The van der Waals surface area contributed by atoms with E-state index in [-0.39, 0.29) is 5.41 Å². The van der Waals surface area contributed by atoms with Crippen molar-refractivity contribution in [3.05, 3.63) is 185 Å². The minimum Gasteiger partial charge on any atom is -0.309 e. The summed E-state index contributed by atoms with van der Waals surface area (Å²) in [6, 6.07) is 57.5. The average molecular weight is 630 g/mol. The maximum Gasteiger partial charge on any atom is 0.0748 e. The maximum atomic E-state index is 2.53. The molecule has 1 spiro atoms. The number of fused-ring (bicyclic) bond motifs is 14. The van der Waals surface area contributed by atoms with Crippen molar-refractivity contribution in [1.29, 1.82) is 0 Å². The molecule has 226 valence electrons. The Labute approximate surface area is 283 Å². The lowest BCUT2D eigenvalue weighted by atomic mass is 9.53. The van der Waals surface area contributed by atoms with Gasteiger partial charge in [-0.2, -0.15) is 0 Å². The van der Waals surface area contributed by atoms with Crippen LogP contribution in [0, 0.1) is 0 Å². The summed E-state index contributed by atoms with van der Waals surface area (Å²) in [5.41, 5.74) is 14.0. The van der Waals surface area contributed by atoms with Crippen LogP contribution >= 0.6 is 11.3 Å². The van der Waals surface area contributed by atoms with Crippen molar-refractivity contribution in [3.8, 4) is 16.8 Å². The van der Waals surface area contributed by atoms with E-state index in [4.69, 9.17) is 0 Å². The van der Waals surface area contributed by atoms with E-state index >= 15 is 0 Å². The molecule has 2 aromatic heterocycles. The molecule has 1 atom stereocenters. The highest BCUT2D eigenvalue weighted by molar-refractivity contribution is 7.25. The summed E-state index contributed by atoms with van der Waals surface area (Å²) in [5, 5.41) is 5.30. The first-order valence-corrected chi connectivity index (χ1v) is 17.7. The number of hydrogen-bond donors (Lipinski definition) is 0. The molecular weight excluding hydrogens is 599 g/mol. The molecule has 3 heterocycles. The smallest absolute Gasteiger partial charge is 0.0748 e. The van der Waals surface area contributed by atoms with E-state index in [1.54, 1.807) is 0 Å². The molecular formula is C46H31NS. The summed E-state index contributed by atoms with van der Waals surface area (Å²) in [4.78, 5) is 0. The van der Waals surface area contributed by atoms with E-state index in [0.29, 0.717) is 0 Å². The molecule has 1 aliphatic carbocycles.